The summed E-state index contributed by atoms with van der Waals surface area (Å²) in [5.74, 6) is -0.00826. The first-order valence-electron chi connectivity index (χ1n) is 6.07. The van der Waals surface area contributed by atoms with E-state index < -0.39 is 0 Å². The third kappa shape index (κ3) is 4.33. The SMILES string of the molecule is Cc1ccc(CC(C)NC(=O)Cc2csc(N)n2)s1. The van der Waals surface area contributed by atoms with Crippen LogP contribution in [0.1, 0.15) is 22.4 Å². The minimum atomic E-state index is -0.00826. The van der Waals surface area contributed by atoms with Crippen molar-refractivity contribution < 1.29 is 4.79 Å². The Morgan fingerprint density at radius 2 is 2.32 bits per heavy atom. The summed E-state index contributed by atoms with van der Waals surface area (Å²) in [7, 11) is 0. The highest BCUT2D eigenvalue weighted by Crippen LogP contribution is 2.17. The van der Waals surface area contributed by atoms with Crippen LogP contribution >= 0.6 is 22.7 Å². The lowest BCUT2D eigenvalue weighted by molar-refractivity contribution is -0.121. The zero-order chi connectivity index (χ0) is 13.8. The Bertz CT molecular complexity index is 562. The molecule has 0 aliphatic rings. The number of anilines is 1. The number of thiazole rings is 1. The fraction of sp³-hybridized carbons (Fsp3) is 0.385. The molecule has 0 aliphatic carbocycles. The van der Waals surface area contributed by atoms with Gasteiger partial charge in [0, 0.05) is 27.6 Å². The fourth-order valence-corrected chi connectivity index (χ4v) is 3.42. The number of thiophene rings is 1. The summed E-state index contributed by atoms with van der Waals surface area (Å²) < 4.78 is 0. The molecule has 2 aromatic rings. The molecule has 2 heterocycles. The van der Waals surface area contributed by atoms with Gasteiger partial charge in [0.05, 0.1) is 12.1 Å². The summed E-state index contributed by atoms with van der Waals surface area (Å²) in [6, 6.07) is 4.35. The van der Waals surface area contributed by atoms with Gasteiger partial charge in [-0.3, -0.25) is 4.79 Å². The monoisotopic (exact) mass is 295 g/mol. The summed E-state index contributed by atoms with van der Waals surface area (Å²) in [5, 5.41) is 5.31. The van der Waals surface area contributed by atoms with Crippen molar-refractivity contribution in [1.82, 2.24) is 10.3 Å². The van der Waals surface area contributed by atoms with E-state index in [1.807, 2.05) is 12.3 Å². The molecule has 102 valence electrons. The number of amides is 1. The van der Waals surface area contributed by atoms with Gasteiger partial charge in [0.15, 0.2) is 5.13 Å². The van der Waals surface area contributed by atoms with Crippen LogP contribution in [0.15, 0.2) is 17.5 Å². The van der Waals surface area contributed by atoms with E-state index in [1.54, 1.807) is 11.3 Å². The second kappa shape index (κ2) is 6.16. The van der Waals surface area contributed by atoms with Gasteiger partial charge < -0.3 is 11.1 Å². The highest BCUT2D eigenvalue weighted by atomic mass is 32.1. The molecular formula is C13H17N3OS2. The summed E-state index contributed by atoms with van der Waals surface area (Å²) in [6.45, 7) is 4.10. The van der Waals surface area contributed by atoms with Crippen molar-refractivity contribution in [3.8, 4) is 0 Å². The van der Waals surface area contributed by atoms with E-state index >= 15 is 0 Å². The van der Waals surface area contributed by atoms with Gasteiger partial charge in [-0.1, -0.05) is 0 Å². The second-order valence-corrected chi connectivity index (χ2v) is 6.80. The number of aromatic nitrogens is 1. The highest BCUT2D eigenvalue weighted by molar-refractivity contribution is 7.13. The lowest BCUT2D eigenvalue weighted by Crippen LogP contribution is -2.35. The molecule has 19 heavy (non-hydrogen) atoms. The molecule has 1 amide bonds. The topological polar surface area (TPSA) is 68.0 Å². The van der Waals surface area contributed by atoms with E-state index in [2.05, 4.69) is 29.4 Å². The summed E-state index contributed by atoms with van der Waals surface area (Å²) >= 11 is 3.13. The molecule has 0 spiro atoms. The van der Waals surface area contributed by atoms with Crippen LogP contribution in [0.4, 0.5) is 5.13 Å². The second-order valence-electron chi connectivity index (χ2n) is 4.54. The molecule has 0 fully saturated rings. The largest absolute Gasteiger partial charge is 0.375 e. The van der Waals surface area contributed by atoms with Crippen molar-refractivity contribution in [3.63, 3.8) is 0 Å². The third-order valence-corrected chi connectivity index (χ3v) is 4.37. The number of carbonyl (C=O) groups excluding carboxylic acids is 1. The van der Waals surface area contributed by atoms with Gasteiger partial charge >= 0.3 is 0 Å². The molecule has 0 saturated heterocycles. The Kier molecular flexibility index (Phi) is 4.55. The molecule has 0 radical (unpaired) electrons. The Hall–Kier alpha value is -1.40. The number of nitrogen functional groups attached to an aromatic ring is 1. The highest BCUT2D eigenvalue weighted by Gasteiger charge is 2.11. The van der Waals surface area contributed by atoms with Gasteiger partial charge in [0.2, 0.25) is 5.91 Å². The number of carbonyl (C=O) groups is 1. The van der Waals surface area contributed by atoms with Crippen LogP contribution in [-0.2, 0) is 17.6 Å². The van der Waals surface area contributed by atoms with Gasteiger partial charge in [-0.15, -0.1) is 22.7 Å². The molecule has 0 bridgehead atoms. The minimum absolute atomic E-state index is 0.00826. The van der Waals surface area contributed by atoms with E-state index in [4.69, 9.17) is 5.73 Å². The van der Waals surface area contributed by atoms with Crippen LogP contribution in [0.3, 0.4) is 0 Å². The Morgan fingerprint density at radius 3 is 2.89 bits per heavy atom. The van der Waals surface area contributed by atoms with Crippen molar-refractivity contribution in [2.75, 3.05) is 5.73 Å². The van der Waals surface area contributed by atoms with E-state index in [-0.39, 0.29) is 11.9 Å². The minimum Gasteiger partial charge on any atom is -0.375 e. The number of nitrogens with one attached hydrogen (secondary N) is 1. The fourth-order valence-electron chi connectivity index (χ4n) is 1.84. The molecule has 3 N–H and O–H groups in total. The average Bonchev–Trinajstić information content (AvgIpc) is 2.87. The van der Waals surface area contributed by atoms with Crippen molar-refractivity contribution in [2.24, 2.45) is 0 Å². The maximum Gasteiger partial charge on any atom is 0.226 e. The quantitative estimate of drug-likeness (QED) is 0.890. The lowest BCUT2D eigenvalue weighted by atomic mass is 10.2. The van der Waals surface area contributed by atoms with Crippen LogP contribution < -0.4 is 11.1 Å². The van der Waals surface area contributed by atoms with Crippen molar-refractivity contribution >= 4 is 33.7 Å². The number of hydrogen-bond acceptors (Lipinski definition) is 5. The molecule has 6 heteroatoms. The number of hydrogen-bond donors (Lipinski definition) is 2. The van der Waals surface area contributed by atoms with E-state index in [1.165, 1.54) is 21.1 Å². The van der Waals surface area contributed by atoms with Crippen LogP contribution in [0, 0.1) is 6.92 Å². The third-order valence-electron chi connectivity index (χ3n) is 2.62. The van der Waals surface area contributed by atoms with Crippen molar-refractivity contribution in [1.29, 1.82) is 0 Å². The smallest absolute Gasteiger partial charge is 0.226 e. The molecule has 0 saturated carbocycles. The van der Waals surface area contributed by atoms with Crippen molar-refractivity contribution in [3.05, 3.63) is 33.0 Å². The molecule has 1 atom stereocenters. The molecule has 0 aliphatic heterocycles. The number of nitrogens with two attached hydrogens (primary N) is 1. The Morgan fingerprint density at radius 1 is 1.53 bits per heavy atom. The van der Waals surface area contributed by atoms with E-state index in [9.17, 15) is 4.79 Å². The molecular weight excluding hydrogens is 278 g/mol. The van der Waals surface area contributed by atoms with Gasteiger partial charge in [-0.25, -0.2) is 4.98 Å². The molecule has 1 unspecified atom stereocenters. The summed E-state index contributed by atoms with van der Waals surface area (Å²) in [5.41, 5.74) is 6.27. The van der Waals surface area contributed by atoms with Gasteiger partial charge in [0.25, 0.3) is 0 Å². The van der Waals surface area contributed by atoms with Gasteiger partial charge in [-0.05, 0) is 26.0 Å². The molecule has 2 aromatic heterocycles. The first kappa shape index (κ1) is 14.0. The maximum atomic E-state index is 11.8. The summed E-state index contributed by atoms with van der Waals surface area (Å²) in [6.07, 6.45) is 1.16. The first-order valence-corrected chi connectivity index (χ1v) is 7.77. The summed E-state index contributed by atoms with van der Waals surface area (Å²) in [4.78, 5) is 18.5. The average molecular weight is 295 g/mol. The van der Waals surface area contributed by atoms with E-state index in [0.29, 0.717) is 11.6 Å². The van der Waals surface area contributed by atoms with Crippen LogP contribution in [0.5, 0.6) is 0 Å². The number of rotatable bonds is 5. The first-order chi connectivity index (χ1) is 9.02. The van der Waals surface area contributed by atoms with Crippen molar-refractivity contribution in [2.45, 2.75) is 32.7 Å². The van der Waals surface area contributed by atoms with Gasteiger partial charge in [0.1, 0.15) is 0 Å². The predicted octanol–water partition coefficient (Wildman–Crippen LogP) is 2.39. The number of aryl methyl sites for hydroxylation is 1. The number of nitrogens with zero attached hydrogens (tertiary/aromatic N) is 1. The lowest BCUT2D eigenvalue weighted by Gasteiger charge is -2.12. The van der Waals surface area contributed by atoms with Crippen LogP contribution in [-0.4, -0.2) is 16.9 Å². The zero-order valence-corrected chi connectivity index (χ0v) is 12.6. The van der Waals surface area contributed by atoms with E-state index in [0.717, 1.165) is 12.1 Å². The standard InChI is InChI=1S/C13H17N3OS2/c1-8(5-11-4-3-9(2)19-11)15-12(17)6-10-7-18-13(14)16-10/h3-4,7-8H,5-6H2,1-2H3,(H2,14,16)(H,15,17). The molecule has 0 aromatic carbocycles. The normalized spacial score (nSPS) is 12.3. The predicted molar refractivity (Wildman–Crippen MR) is 80.6 cm³/mol. The Balaban J connectivity index is 1.81. The zero-order valence-electron chi connectivity index (χ0n) is 11.0. The molecule has 4 nitrogen and oxygen atoms in total. The van der Waals surface area contributed by atoms with Gasteiger partial charge in [-0.2, -0.15) is 0 Å². The Labute approximate surface area is 120 Å². The van der Waals surface area contributed by atoms with Crippen LogP contribution in [0.25, 0.3) is 0 Å². The molecule has 2 rings (SSSR count). The maximum absolute atomic E-state index is 11.8. The van der Waals surface area contributed by atoms with Crippen LogP contribution in [0.2, 0.25) is 0 Å².